The number of nitrogens with zero attached hydrogens (tertiary/aromatic N) is 4. The van der Waals surface area contributed by atoms with E-state index >= 15 is 0 Å². The van der Waals surface area contributed by atoms with Gasteiger partial charge in [0.1, 0.15) is 18.2 Å². The van der Waals surface area contributed by atoms with Crippen LogP contribution in [0.1, 0.15) is 21.9 Å². The lowest BCUT2D eigenvalue weighted by Crippen LogP contribution is -2.03. The third-order valence-electron chi connectivity index (χ3n) is 3.41. The van der Waals surface area contributed by atoms with Gasteiger partial charge in [0, 0.05) is 7.05 Å². The summed E-state index contributed by atoms with van der Waals surface area (Å²) in [5.41, 5.74) is 1.61. The summed E-state index contributed by atoms with van der Waals surface area (Å²) in [6.07, 6.45) is 0. The van der Waals surface area contributed by atoms with E-state index in [4.69, 9.17) is 15.1 Å². The van der Waals surface area contributed by atoms with Crippen molar-refractivity contribution in [1.82, 2.24) is 14.5 Å². The van der Waals surface area contributed by atoms with Crippen molar-refractivity contribution in [2.45, 2.75) is 6.61 Å². The number of carbonyl (C=O) groups is 1. The van der Waals surface area contributed by atoms with Gasteiger partial charge in [0.05, 0.1) is 17.1 Å². The van der Waals surface area contributed by atoms with Crippen LogP contribution < -0.4 is 4.74 Å². The van der Waals surface area contributed by atoms with Crippen molar-refractivity contribution < 1.29 is 14.6 Å². The van der Waals surface area contributed by atoms with Crippen LogP contribution in [0, 0.1) is 11.3 Å². The highest BCUT2D eigenvalue weighted by Crippen LogP contribution is 2.17. The number of carboxylic acid groups (broad SMARTS) is 1. The predicted molar refractivity (Wildman–Crippen MR) is 81.0 cm³/mol. The number of ether oxygens (including phenoxy) is 1. The number of rotatable bonds is 4. The molecule has 0 unspecified atom stereocenters. The van der Waals surface area contributed by atoms with Crippen LogP contribution >= 0.6 is 0 Å². The van der Waals surface area contributed by atoms with Gasteiger partial charge in [-0.3, -0.25) is 0 Å². The second-order valence-electron chi connectivity index (χ2n) is 4.86. The highest BCUT2D eigenvalue weighted by molar-refractivity contribution is 5.88. The Morgan fingerprint density at radius 2 is 2.00 bits per heavy atom. The molecule has 0 radical (unpaired) electrons. The number of benzene rings is 1. The van der Waals surface area contributed by atoms with E-state index in [0.29, 0.717) is 22.8 Å². The maximum atomic E-state index is 11.0. The number of aryl methyl sites for hydroxylation is 1. The third kappa shape index (κ3) is 2.82. The van der Waals surface area contributed by atoms with Gasteiger partial charge in [-0.25, -0.2) is 14.8 Å². The molecule has 2 heterocycles. The molecule has 1 N–H and O–H groups in total. The van der Waals surface area contributed by atoms with Gasteiger partial charge in [-0.1, -0.05) is 0 Å². The van der Waals surface area contributed by atoms with Gasteiger partial charge in [-0.2, -0.15) is 5.26 Å². The van der Waals surface area contributed by atoms with Gasteiger partial charge < -0.3 is 14.4 Å². The first-order valence-electron chi connectivity index (χ1n) is 6.77. The molecule has 3 aromatic rings. The Morgan fingerprint density at radius 3 is 2.65 bits per heavy atom. The molecule has 0 saturated carbocycles. The highest BCUT2D eigenvalue weighted by atomic mass is 16.5. The maximum absolute atomic E-state index is 11.0. The first kappa shape index (κ1) is 14.5. The lowest BCUT2D eigenvalue weighted by Gasteiger charge is -2.06. The number of nitriles is 1. The minimum Gasteiger partial charge on any atom is -0.486 e. The average molecular weight is 308 g/mol. The van der Waals surface area contributed by atoms with Gasteiger partial charge in [-0.15, -0.1) is 0 Å². The van der Waals surface area contributed by atoms with Crippen LogP contribution in [0.25, 0.3) is 11.2 Å². The third-order valence-corrected chi connectivity index (χ3v) is 3.41. The minimum absolute atomic E-state index is 0.0461. The van der Waals surface area contributed by atoms with Crippen molar-refractivity contribution in [2.24, 2.45) is 7.05 Å². The molecule has 23 heavy (non-hydrogen) atoms. The van der Waals surface area contributed by atoms with Crippen LogP contribution in [0.3, 0.4) is 0 Å². The summed E-state index contributed by atoms with van der Waals surface area (Å²) in [5, 5.41) is 17.7. The van der Waals surface area contributed by atoms with Gasteiger partial charge in [0.25, 0.3) is 0 Å². The molecule has 1 aromatic carbocycles. The van der Waals surface area contributed by atoms with E-state index in [1.54, 1.807) is 34.9 Å². The number of imidazole rings is 1. The maximum Gasteiger partial charge on any atom is 0.354 e. The normalized spacial score (nSPS) is 10.4. The first-order valence-corrected chi connectivity index (χ1v) is 6.77. The summed E-state index contributed by atoms with van der Waals surface area (Å²) in [7, 11) is 1.81. The van der Waals surface area contributed by atoms with E-state index < -0.39 is 5.97 Å². The molecule has 0 amide bonds. The Hall–Kier alpha value is -3.40. The summed E-state index contributed by atoms with van der Waals surface area (Å²) < 4.78 is 7.45. The van der Waals surface area contributed by atoms with Crippen molar-refractivity contribution >= 4 is 17.1 Å². The highest BCUT2D eigenvalue weighted by Gasteiger charge is 2.12. The van der Waals surface area contributed by atoms with Crippen molar-refractivity contribution in [2.75, 3.05) is 0 Å². The predicted octanol–water partition coefficient (Wildman–Crippen LogP) is 2.12. The molecular formula is C16H12N4O3. The molecule has 0 spiro atoms. The smallest absolute Gasteiger partial charge is 0.354 e. The molecule has 0 bridgehead atoms. The molecule has 0 saturated heterocycles. The fourth-order valence-electron chi connectivity index (χ4n) is 2.14. The van der Waals surface area contributed by atoms with E-state index in [1.807, 2.05) is 13.1 Å². The first-order chi connectivity index (χ1) is 11.1. The fraction of sp³-hybridized carbons (Fsp3) is 0.125. The number of aromatic nitrogens is 3. The van der Waals surface area contributed by atoms with Gasteiger partial charge in [-0.05, 0) is 36.4 Å². The fourth-order valence-corrected chi connectivity index (χ4v) is 2.14. The number of pyridine rings is 1. The lowest BCUT2D eigenvalue weighted by molar-refractivity contribution is 0.0691. The number of aromatic carboxylic acids is 1. The summed E-state index contributed by atoms with van der Waals surface area (Å²) in [6, 6.07) is 11.9. The van der Waals surface area contributed by atoms with Crippen LogP contribution in [0.4, 0.5) is 0 Å². The zero-order valence-electron chi connectivity index (χ0n) is 12.2. The quantitative estimate of drug-likeness (QED) is 0.792. The zero-order chi connectivity index (χ0) is 16.4. The number of carboxylic acids is 1. The molecule has 0 atom stereocenters. The molecule has 7 heteroatoms. The van der Waals surface area contributed by atoms with Gasteiger partial charge in [0.15, 0.2) is 11.3 Å². The molecule has 0 aliphatic rings. The Kier molecular flexibility index (Phi) is 3.65. The molecule has 0 aliphatic heterocycles. The van der Waals surface area contributed by atoms with Crippen LogP contribution in [-0.2, 0) is 13.7 Å². The van der Waals surface area contributed by atoms with Crippen LogP contribution in [-0.4, -0.2) is 25.6 Å². The Balaban J connectivity index is 1.83. The van der Waals surface area contributed by atoms with Crippen LogP contribution in [0.2, 0.25) is 0 Å². The summed E-state index contributed by atoms with van der Waals surface area (Å²) in [6.45, 7) is 0.209. The second-order valence-corrected chi connectivity index (χ2v) is 4.86. The lowest BCUT2D eigenvalue weighted by atomic mass is 10.2. The summed E-state index contributed by atoms with van der Waals surface area (Å²) in [4.78, 5) is 19.3. The Labute approximate surface area is 131 Å². The number of hydrogen-bond acceptors (Lipinski definition) is 5. The topological polar surface area (TPSA) is 101 Å². The van der Waals surface area contributed by atoms with Crippen LogP contribution in [0.15, 0.2) is 36.4 Å². The van der Waals surface area contributed by atoms with Crippen molar-refractivity contribution in [3.05, 3.63) is 53.5 Å². The van der Waals surface area contributed by atoms with E-state index in [-0.39, 0.29) is 12.3 Å². The monoisotopic (exact) mass is 308 g/mol. The average Bonchev–Trinajstić information content (AvgIpc) is 2.89. The molecule has 3 rings (SSSR count). The minimum atomic E-state index is -1.09. The van der Waals surface area contributed by atoms with Crippen molar-refractivity contribution in [3.8, 4) is 11.8 Å². The standard InChI is InChI=1S/C16H12N4O3/c1-20-13-7-6-12(16(21)22)18-15(13)19-14(20)9-23-11-4-2-10(8-17)3-5-11/h2-7H,9H2,1H3,(H,21,22). The van der Waals surface area contributed by atoms with Crippen LogP contribution in [0.5, 0.6) is 5.75 Å². The molecule has 0 fully saturated rings. The Bertz CT molecular complexity index is 923. The Morgan fingerprint density at radius 1 is 1.26 bits per heavy atom. The van der Waals surface area contributed by atoms with E-state index in [2.05, 4.69) is 9.97 Å². The van der Waals surface area contributed by atoms with Crippen molar-refractivity contribution in [3.63, 3.8) is 0 Å². The molecule has 0 aliphatic carbocycles. The zero-order valence-corrected chi connectivity index (χ0v) is 12.2. The molecular weight excluding hydrogens is 296 g/mol. The molecule has 7 nitrogen and oxygen atoms in total. The number of fused-ring (bicyclic) bond motifs is 1. The van der Waals surface area contributed by atoms with Gasteiger partial charge >= 0.3 is 5.97 Å². The van der Waals surface area contributed by atoms with E-state index in [0.717, 1.165) is 5.52 Å². The molecule has 2 aromatic heterocycles. The van der Waals surface area contributed by atoms with E-state index in [9.17, 15) is 4.79 Å². The summed E-state index contributed by atoms with van der Waals surface area (Å²) >= 11 is 0. The SMILES string of the molecule is Cn1c(COc2ccc(C#N)cc2)nc2nc(C(=O)O)ccc21. The largest absolute Gasteiger partial charge is 0.486 e. The second kappa shape index (κ2) is 5.77. The number of hydrogen-bond donors (Lipinski definition) is 1. The molecule has 114 valence electrons. The van der Waals surface area contributed by atoms with Crippen molar-refractivity contribution in [1.29, 1.82) is 5.26 Å². The summed E-state index contributed by atoms with van der Waals surface area (Å²) in [5.74, 6) is 0.155. The van der Waals surface area contributed by atoms with E-state index in [1.165, 1.54) is 6.07 Å². The van der Waals surface area contributed by atoms with Gasteiger partial charge in [0.2, 0.25) is 0 Å².